The minimum atomic E-state index is -0.274. The van der Waals surface area contributed by atoms with Gasteiger partial charge in [0.25, 0.3) is 0 Å². The quantitative estimate of drug-likeness (QED) is 0.500. The number of rotatable bonds is 1. The number of carbonyl (C=O) groups is 1. The molecule has 0 heterocycles. The van der Waals surface area contributed by atoms with Crippen LogP contribution in [0.25, 0.3) is 0 Å². The Morgan fingerprint density at radius 2 is 2.00 bits per heavy atom. The Kier molecular flexibility index (Phi) is 2.94. The van der Waals surface area contributed by atoms with Crippen LogP contribution in [0.1, 0.15) is 10.4 Å². The van der Waals surface area contributed by atoms with Crippen molar-refractivity contribution >= 4 is 26.2 Å². The molecule has 0 saturated carbocycles. The molecule has 1 aromatic carbocycles. The van der Waals surface area contributed by atoms with Crippen molar-refractivity contribution in [1.82, 2.24) is 0 Å². The number of amides is 1. The summed E-state index contributed by atoms with van der Waals surface area (Å²) >= 11 is 2.41. The van der Waals surface area contributed by atoms with Crippen LogP contribution in [-0.4, -0.2) is 26.2 Å². The van der Waals surface area contributed by atoms with Crippen molar-refractivity contribution in [3.8, 4) is 0 Å². The van der Waals surface area contributed by atoms with Gasteiger partial charge in [0.05, 0.1) is 0 Å². The summed E-state index contributed by atoms with van der Waals surface area (Å²) in [4.78, 5) is 14.4. The van der Waals surface area contributed by atoms with Gasteiger partial charge in [-0.05, 0) is 0 Å². The average molecular weight is 210 g/mol. The second-order valence-corrected chi connectivity index (χ2v) is 2.26. The Morgan fingerprint density at radius 1 is 1.36 bits per heavy atom. The summed E-state index contributed by atoms with van der Waals surface area (Å²) < 4.78 is 2.32. The summed E-state index contributed by atoms with van der Waals surface area (Å²) in [6, 6.07) is 8.86. The summed E-state index contributed by atoms with van der Waals surface area (Å²) in [5.41, 5.74) is 0.579. The van der Waals surface area contributed by atoms with Crippen LogP contribution in [0.5, 0.6) is 0 Å². The van der Waals surface area contributed by atoms with E-state index in [0.29, 0.717) is 5.56 Å². The molecule has 0 aromatic heterocycles. The number of hydrogen-bond donors (Lipinski definition) is 0. The third-order valence-corrected chi connectivity index (χ3v) is 1.36. The zero-order valence-electron chi connectivity index (χ0n) is 5.65. The molecule has 0 fully saturated rings. The average Bonchev–Trinajstić information content (AvgIpc) is 2.07. The van der Waals surface area contributed by atoms with Crippen molar-refractivity contribution in [1.29, 1.82) is 0 Å². The summed E-state index contributed by atoms with van der Waals surface area (Å²) in [6.07, 6.45) is 0. The number of benzene rings is 1. The molecule has 0 N–H and O–H groups in total. The zero-order chi connectivity index (χ0) is 8.10. The molecule has 0 saturated heterocycles. The third-order valence-electron chi connectivity index (χ3n) is 1.17. The summed E-state index contributed by atoms with van der Waals surface area (Å²) in [5, 5.41) is 0. The molecule has 1 amide bonds. The van der Waals surface area contributed by atoms with Gasteiger partial charge in [0.1, 0.15) is 0 Å². The molecule has 0 spiro atoms. The fourth-order valence-electron chi connectivity index (χ4n) is 0.687. The topological polar surface area (TPSA) is 29.4 Å². The van der Waals surface area contributed by atoms with Gasteiger partial charge in [-0.25, -0.2) is 0 Å². The van der Waals surface area contributed by atoms with Crippen molar-refractivity contribution < 1.29 is 4.79 Å². The first-order valence-corrected chi connectivity index (χ1v) is 3.87. The predicted molar refractivity (Wildman–Crippen MR) is 44.0 cm³/mol. The number of nitrogens with zero attached hydrogens (tertiary/aromatic N) is 1. The summed E-state index contributed by atoms with van der Waals surface area (Å²) in [7, 11) is 0. The molecule has 1 rings (SSSR count). The number of hydrogen-bond acceptors (Lipinski definition) is 1. The van der Waals surface area contributed by atoms with Crippen molar-refractivity contribution in [2.45, 2.75) is 0 Å². The van der Waals surface area contributed by atoms with E-state index in [-0.39, 0.29) is 5.91 Å². The fraction of sp³-hybridized carbons (Fsp3) is 0. The molecule has 0 atom stereocenters. The van der Waals surface area contributed by atoms with Gasteiger partial charge in [0.15, 0.2) is 0 Å². The van der Waals surface area contributed by atoms with Gasteiger partial charge in [0, 0.05) is 0 Å². The Morgan fingerprint density at radius 3 is 2.55 bits per heavy atom. The van der Waals surface area contributed by atoms with E-state index in [2.05, 4.69) is 25.3 Å². The van der Waals surface area contributed by atoms with Gasteiger partial charge in [-0.3, -0.25) is 0 Å². The van der Waals surface area contributed by atoms with Crippen molar-refractivity contribution in [3.63, 3.8) is 0 Å². The van der Waals surface area contributed by atoms with Gasteiger partial charge in [-0.1, -0.05) is 0 Å². The van der Waals surface area contributed by atoms with Crippen LogP contribution in [0.15, 0.2) is 35.3 Å². The van der Waals surface area contributed by atoms with Crippen molar-refractivity contribution in [3.05, 3.63) is 35.9 Å². The molecule has 54 valence electrons. The first-order valence-electron chi connectivity index (χ1n) is 3.02. The SMILES string of the molecule is O=C(N=C=[Se])c1ccccc1. The van der Waals surface area contributed by atoms with Crippen LogP contribution in [0.4, 0.5) is 0 Å². The predicted octanol–water partition coefficient (Wildman–Crippen LogP) is 0.901. The van der Waals surface area contributed by atoms with E-state index in [1.807, 2.05) is 6.07 Å². The van der Waals surface area contributed by atoms with Gasteiger partial charge >= 0.3 is 71.9 Å². The molecule has 0 unspecified atom stereocenters. The molecule has 0 aliphatic rings. The Balaban J connectivity index is 2.94. The van der Waals surface area contributed by atoms with Crippen LogP contribution in [0, 0.1) is 0 Å². The summed E-state index contributed by atoms with van der Waals surface area (Å²) in [5.74, 6) is -0.274. The molecule has 0 aliphatic heterocycles. The molecule has 2 nitrogen and oxygen atoms in total. The maximum atomic E-state index is 11.0. The van der Waals surface area contributed by atoms with Crippen LogP contribution in [-0.2, 0) is 0 Å². The molecular formula is C8H5NOSe. The van der Waals surface area contributed by atoms with Crippen LogP contribution in [0.2, 0.25) is 0 Å². The molecule has 1 aromatic rings. The van der Waals surface area contributed by atoms with Gasteiger partial charge in [-0.15, -0.1) is 0 Å². The van der Waals surface area contributed by atoms with Crippen molar-refractivity contribution in [2.24, 2.45) is 4.99 Å². The zero-order valence-corrected chi connectivity index (χ0v) is 7.36. The molecule has 0 aliphatic carbocycles. The Labute approximate surface area is 72.3 Å². The number of carbonyl (C=O) groups excluding carboxylic acids is 1. The van der Waals surface area contributed by atoms with E-state index in [9.17, 15) is 4.79 Å². The first-order chi connectivity index (χ1) is 5.34. The molecular weight excluding hydrogens is 205 g/mol. The van der Waals surface area contributed by atoms with E-state index in [1.165, 1.54) is 0 Å². The fourth-order valence-corrected chi connectivity index (χ4v) is 0.861. The molecule has 3 heteroatoms. The van der Waals surface area contributed by atoms with Crippen LogP contribution in [0.3, 0.4) is 0 Å². The van der Waals surface area contributed by atoms with E-state index in [0.717, 1.165) is 0 Å². The van der Waals surface area contributed by atoms with Crippen LogP contribution >= 0.6 is 0 Å². The normalized spacial score (nSPS) is 8.36. The second kappa shape index (κ2) is 3.99. The third kappa shape index (κ3) is 2.24. The van der Waals surface area contributed by atoms with Gasteiger partial charge in [0.2, 0.25) is 0 Å². The monoisotopic (exact) mass is 211 g/mol. The Hall–Kier alpha value is -1.01. The Bertz CT molecular complexity index is 301. The molecule has 0 bridgehead atoms. The van der Waals surface area contributed by atoms with E-state index in [4.69, 9.17) is 0 Å². The van der Waals surface area contributed by atoms with Gasteiger partial charge in [-0.2, -0.15) is 0 Å². The van der Waals surface area contributed by atoms with E-state index in [1.54, 1.807) is 24.3 Å². The minimum absolute atomic E-state index is 0.274. The molecule has 0 radical (unpaired) electrons. The first kappa shape index (κ1) is 8.09. The number of aliphatic imine (C=N–C) groups is 1. The summed E-state index contributed by atoms with van der Waals surface area (Å²) in [6.45, 7) is 0. The van der Waals surface area contributed by atoms with Crippen molar-refractivity contribution in [2.75, 3.05) is 0 Å². The maximum absolute atomic E-state index is 11.0. The van der Waals surface area contributed by atoms with E-state index >= 15 is 0 Å². The van der Waals surface area contributed by atoms with Crippen LogP contribution < -0.4 is 0 Å². The van der Waals surface area contributed by atoms with Gasteiger partial charge < -0.3 is 0 Å². The molecule has 11 heavy (non-hydrogen) atoms. The standard InChI is InChI=1S/C8H5NOSe/c10-8(9-6-11)7-4-2-1-3-5-7/h1-5H. The van der Waals surface area contributed by atoms with E-state index < -0.39 is 0 Å². The second-order valence-electron chi connectivity index (χ2n) is 1.87.